The van der Waals surface area contributed by atoms with Gasteiger partial charge in [-0.15, -0.1) is 11.3 Å². The van der Waals surface area contributed by atoms with Gasteiger partial charge >= 0.3 is 0 Å². The number of rotatable bonds is 4. The van der Waals surface area contributed by atoms with Gasteiger partial charge in [-0.3, -0.25) is 4.79 Å². The van der Waals surface area contributed by atoms with Gasteiger partial charge in [0, 0.05) is 36.7 Å². The quantitative estimate of drug-likeness (QED) is 0.730. The lowest BCUT2D eigenvalue weighted by molar-refractivity contribution is -0.129. The Morgan fingerprint density at radius 3 is 2.57 bits per heavy atom. The third-order valence-electron chi connectivity index (χ3n) is 5.20. The number of fused-ring (bicyclic) bond motifs is 1. The molecule has 1 saturated heterocycles. The average Bonchev–Trinajstić information content (AvgIpc) is 3.01. The lowest BCUT2D eigenvalue weighted by Crippen LogP contribution is -2.50. The molecule has 0 atom stereocenters. The van der Waals surface area contributed by atoms with E-state index in [2.05, 4.69) is 34.0 Å². The highest BCUT2D eigenvalue weighted by Gasteiger charge is 2.21. The number of nitrogens with one attached hydrogen (secondary N) is 1. The Hall–Kier alpha value is -2.74. The van der Waals surface area contributed by atoms with Crippen molar-refractivity contribution in [2.24, 2.45) is 0 Å². The molecular formula is C20H22FN5OS. The molecule has 28 heavy (non-hydrogen) atoms. The first-order chi connectivity index (χ1) is 13.5. The summed E-state index contributed by atoms with van der Waals surface area (Å²) in [6, 6.07) is 6.49. The summed E-state index contributed by atoms with van der Waals surface area (Å²) in [6.07, 6.45) is 1.53. The number of benzene rings is 1. The van der Waals surface area contributed by atoms with Crippen LogP contribution in [0.4, 0.5) is 15.9 Å². The second kappa shape index (κ2) is 7.71. The van der Waals surface area contributed by atoms with E-state index in [0.717, 1.165) is 34.6 Å². The van der Waals surface area contributed by atoms with Crippen LogP contribution in [0.2, 0.25) is 0 Å². The van der Waals surface area contributed by atoms with Crippen LogP contribution in [0.3, 0.4) is 0 Å². The van der Waals surface area contributed by atoms with Crippen LogP contribution in [0.1, 0.15) is 10.4 Å². The largest absolute Gasteiger partial charge is 0.368 e. The molecule has 4 rings (SSSR count). The zero-order chi connectivity index (χ0) is 19.7. The summed E-state index contributed by atoms with van der Waals surface area (Å²) >= 11 is 1.64. The Kier molecular flexibility index (Phi) is 5.13. The number of thiophene rings is 1. The summed E-state index contributed by atoms with van der Waals surface area (Å²) in [6.45, 7) is 7.09. The normalized spacial score (nSPS) is 14.5. The lowest BCUT2D eigenvalue weighted by Gasteiger charge is -2.36. The van der Waals surface area contributed by atoms with E-state index in [0.29, 0.717) is 18.9 Å². The minimum absolute atomic E-state index is 0.0510. The first-order valence-electron chi connectivity index (χ1n) is 9.26. The highest BCUT2D eigenvalue weighted by atomic mass is 32.1. The van der Waals surface area contributed by atoms with Crippen molar-refractivity contribution in [1.29, 1.82) is 0 Å². The van der Waals surface area contributed by atoms with Crippen molar-refractivity contribution in [1.82, 2.24) is 14.9 Å². The molecule has 1 aliphatic heterocycles. The van der Waals surface area contributed by atoms with Gasteiger partial charge in [-0.1, -0.05) is 0 Å². The summed E-state index contributed by atoms with van der Waals surface area (Å²) in [5.41, 5.74) is 2.14. The minimum Gasteiger partial charge on any atom is -0.368 e. The van der Waals surface area contributed by atoms with Crippen LogP contribution in [-0.2, 0) is 4.79 Å². The molecule has 8 heteroatoms. The van der Waals surface area contributed by atoms with Crippen LogP contribution in [0.15, 0.2) is 30.6 Å². The Morgan fingerprint density at radius 2 is 1.86 bits per heavy atom. The monoisotopic (exact) mass is 399 g/mol. The van der Waals surface area contributed by atoms with E-state index in [9.17, 15) is 9.18 Å². The molecule has 3 aromatic rings. The van der Waals surface area contributed by atoms with Crippen molar-refractivity contribution in [2.45, 2.75) is 13.8 Å². The molecule has 0 spiro atoms. The van der Waals surface area contributed by atoms with Crippen molar-refractivity contribution < 1.29 is 9.18 Å². The predicted octanol–water partition coefficient (Wildman–Crippen LogP) is 3.21. The second-order valence-corrected chi connectivity index (χ2v) is 8.09. The third-order valence-corrected chi connectivity index (χ3v) is 6.31. The molecule has 1 aromatic carbocycles. The van der Waals surface area contributed by atoms with Crippen LogP contribution in [0, 0.1) is 19.7 Å². The molecule has 0 radical (unpaired) electrons. The van der Waals surface area contributed by atoms with Crippen molar-refractivity contribution >= 4 is 39.0 Å². The number of amides is 1. The highest BCUT2D eigenvalue weighted by Crippen LogP contribution is 2.32. The van der Waals surface area contributed by atoms with Gasteiger partial charge in [0.2, 0.25) is 5.91 Å². The van der Waals surface area contributed by atoms with Gasteiger partial charge in [0.15, 0.2) is 0 Å². The second-order valence-electron chi connectivity index (χ2n) is 6.88. The summed E-state index contributed by atoms with van der Waals surface area (Å²) in [4.78, 5) is 27.5. The maximum absolute atomic E-state index is 13.1. The van der Waals surface area contributed by atoms with Crippen molar-refractivity contribution in [2.75, 3.05) is 42.9 Å². The molecule has 1 amide bonds. The minimum atomic E-state index is -0.237. The van der Waals surface area contributed by atoms with Crippen LogP contribution in [0.25, 0.3) is 10.2 Å². The third kappa shape index (κ3) is 3.64. The van der Waals surface area contributed by atoms with E-state index >= 15 is 0 Å². The fourth-order valence-electron chi connectivity index (χ4n) is 3.45. The van der Waals surface area contributed by atoms with Gasteiger partial charge in [-0.25, -0.2) is 14.4 Å². The Morgan fingerprint density at radius 1 is 1.14 bits per heavy atom. The maximum Gasteiger partial charge on any atom is 0.242 e. The summed E-state index contributed by atoms with van der Waals surface area (Å²) in [5.74, 6) is 0.527. The summed E-state index contributed by atoms with van der Waals surface area (Å²) < 4.78 is 13.1. The van der Waals surface area contributed by atoms with Crippen molar-refractivity contribution in [3.63, 3.8) is 0 Å². The Labute approximate surface area is 167 Å². The highest BCUT2D eigenvalue weighted by molar-refractivity contribution is 7.18. The first kappa shape index (κ1) is 18.6. The van der Waals surface area contributed by atoms with E-state index in [4.69, 9.17) is 0 Å². The fraction of sp³-hybridized carbons (Fsp3) is 0.350. The molecule has 1 aliphatic rings. The van der Waals surface area contributed by atoms with Gasteiger partial charge in [-0.2, -0.15) is 0 Å². The summed E-state index contributed by atoms with van der Waals surface area (Å²) in [7, 11) is 0. The molecular weight excluding hydrogens is 377 g/mol. The Balaban J connectivity index is 1.36. The van der Waals surface area contributed by atoms with Gasteiger partial charge in [0.05, 0.1) is 11.9 Å². The van der Waals surface area contributed by atoms with Crippen LogP contribution < -0.4 is 10.2 Å². The molecule has 3 heterocycles. The number of carbonyl (C=O) groups is 1. The number of piperazine rings is 1. The van der Waals surface area contributed by atoms with Crippen molar-refractivity contribution in [3.8, 4) is 0 Å². The van der Waals surface area contributed by atoms with Gasteiger partial charge in [-0.05, 0) is 43.7 Å². The first-order valence-corrected chi connectivity index (χ1v) is 10.1. The van der Waals surface area contributed by atoms with E-state index in [-0.39, 0.29) is 18.3 Å². The maximum atomic E-state index is 13.1. The predicted molar refractivity (Wildman–Crippen MR) is 111 cm³/mol. The number of carbonyl (C=O) groups excluding carboxylic acids is 1. The van der Waals surface area contributed by atoms with Crippen LogP contribution in [-0.4, -0.2) is 53.5 Å². The zero-order valence-electron chi connectivity index (χ0n) is 15.9. The standard InChI is InChI=1S/C20H22FN5OS/c1-13-14(2)28-20-18(13)19(23-12-24-20)22-11-17(27)26-9-7-25(8-10-26)16-5-3-15(21)4-6-16/h3-6,12H,7-11H2,1-2H3,(H,22,23,24). The van der Waals surface area contributed by atoms with E-state index in [1.54, 1.807) is 23.5 Å². The molecule has 6 nitrogen and oxygen atoms in total. The number of nitrogens with zero attached hydrogens (tertiary/aromatic N) is 4. The van der Waals surface area contributed by atoms with E-state index in [1.165, 1.54) is 23.3 Å². The molecule has 146 valence electrons. The number of halogens is 1. The molecule has 1 fully saturated rings. The molecule has 2 aromatic heterocycles. The van der Waals surface area contributed by atoms with E-state index < -0.39 is 0 Å². The van der Waals surface area contributed by atoms with Crippen LogP contribution in [0.5, 0.6) is 0 Å². The molecule has 0 saturated carbocycles. The van der Waals surface area contributed by atoms with Crippen LogP contribution >= 0.6 is 11.3 Å². The SMILES string of the molecule is Cc1sc2ncnc(NCC(=O)N3CCN(c4ccc(F)cc4)CC3)c2c1C. The topological polar surface area (TPSA) is 61.4 Å². The molecule has 0 unspecified atom stereocenters. The van der Waals surface area contributed by atoms with Gasteiger partial charge < -0.3 is 15.1 Å². The number of aromatic nitrogens is 2. The van der Waals surface area contributed by atoms with E-state index in [1.807, 2.05) is 4.90 Å². The fourth-order valence-corrected chi connectivity index (χ4v) is 4.45. The lowest BCUT2D eigenvalue weighted by atomic mass is 10.2. The number of hydrogen-bond acceptors (Lipinski definition) is 6. The number of aryl methyl sites for hydroxylation is 2. The Bertz CT molecular complexity index is 996. The number of anilines is 2. The molecule has 0 aliphatic carbocycles. The molecule has 1 N–H and O–H groups in total. The summed E-state index contributed by atoms with van der Waals surface area (Å²) in [5, 5.41) is 4.20. The zero-order valence-corrected chi connectivity index (χ0v) is 16.7. The van der Waals surface area contributed by atoms with Crippen molar-refractivity contribution in [3.05, 3.63) is 46.9 Å². The number of hydrogen-bond donors (Lipinski definition) is 1. The smallest absolute Gasteiger partial charge is 0.242 e. The van der Waals surface area contributed by atoms with Gasteiger partial charge in [0.25, 0.3) is 0 Å². The average molecular weight is 399 g/mol. The molecule has 0 bridgehead atoms. The van der Waals surface area contributed by atoms with Gasteiger partial charge in [0.1, 0.15) is 22.8 Å².